The fraction of sp³-hybridized carbons (Fsp3) is 0.600. The molecule has 2 aliphatic rings. The van der Waals surface area contributed by atoms with Gasteiger partial charge in [0.1, 0.15) is 0 Å². The van der Waals surface area contributed by atoms with Crippen LogP contribution in [0.3, 0.4) is 0 Å². The molecule has 0 aliphatic carbocycles. The van der Waals surface area contributed by atoms with Crippen molar-refractivity contribution in [1.82, 2.24) is 10.2 Å². The van der Waals surface area contributed by atoms with E-state index in [0.29, 0.717) is 0 Å². The van der Waals surface area contributed by atoms with Gasteiger partial charge in [0, 0.05) is 18.6 Å². The molecule has 2 fully saturated rings. The molecule has 1 aromatic carbocycles. The zero-order valence-corrected chi connectivity index (χ0v) is 10.8. The predicted molar refractivity (Wildman–Crippen MR) is 70.9 cm³/mol. The van der Waals surface area contributed by atoms with Crippen LogP contribution in [-0.4, -0.2) is 31.1 Å². The third-order valence-corrected chi connectivity index (χ3v) is 4.66. The van der Waals surface area contributed by atoms with Crippen molar-refractivity contribution in [2.75, 3.05) is 26.2 Å². The fourth-order valence-electron chi connectivity index (χ4n) is 3.34. The molecule has 3 rings (SSSR count). The van der Waals surface area contributed by atoms with Crippen LogP contribution in [0.4, 0.5) is 0 Å². The SMILES string of the molecule is CC(C)(c1ccccc1)N1CC2CNCC2C1. The molecule has 2 saturated heterocycles. The smallest absolute Gasteiger partial charge is 0.0404 e. The lowest BCUT2D eigenvalue weighted by Crippen LogP contribution is -2.41. The number of rotatable bonds is 2. The average molecular weight is 230 g/mol. The topological polar surface area (TPSA) is 15.3 Å². The van der Waals surface area contributed by atoms with Crippen LogP contribution in [-0.2, 0) is 5.54 Å². The second-order valence-electron chi connectivity index (χ2n) is 6.01. The van der Waals surface area contributed by atoms with E-state index in [2.05, 4.69) is 54.4 Å². The highest BCUT2D eigenvalue weighted by Crippen LogP contribution is 2.36. The van der Waals surface area contributed by atoms with Gasteiger partial charge in [-0.25, -0.2) is 0 Å². The molecule has 0 spiro atoms. The lowest BCUT2D eigenvalue weighted by molar-refractivity contribution is 0.143. The van der Waals surface area contributed by atoms with Crippen LogP contribution in [0, 0.1) is 11.8 Å². The number of hydrogen-bond donors (Lipinski definition) is 1. The Hall–Kier alpha value is -0.860. The van der Waals surface area contributed by atoms with Gasteiger partial charge in [0.2, 0.25) is 0 Å². The molecule has 2 heterocycles. The fourth-order valence-corrected chi connectivity index (χ4v) is 3.34. The van der Waals surface area contributed by atoms with Gasteiger partial charge >= 0.3 is 0 Å². The maximum absolute atomic E-state index is 3.51. The standard InChI is InChI=1S/C15H22N2/c1-15(2,14-6-4-3-5-7-14)17-10-12-8-16-9-13(12)11-17/h3-7,12-13,16H,8-11H2,1-2H3. The van der Waals surface area contributed by atoms with E-state index in [9.17, 15) is 0 Å². The van der Waals surface area contributed by atoms with E-state index in [1.165, 1.54) is 31.7 Å². The molecule has 92 valence electrons. The molecule has 2 aliphatic heterocycles. The first-order chi connectivity index (χ1) is 8.18. The summed E-state index contributed by atoms with van der Waals surface area (Å²) < 4.78 is 0. The zero-order valence-electron chi connectivity index (χ0n) is 10.8. The third-order valence-electron chi connectivity index (χ3n) is 4.66. The number of nitrogens with zero attached hydrogens (tertiary/aromatic N) is 1. The van der Waals surface area contributed by atoms with E-state index >= 15 is 0 Å². The average Bonchev–Trinajstić information content (AvgIpc) is 2.90. The Morgan fingerprint density at radius 1 is 1.06 bits per heavy atom. The highest BCUT2D eigenvalue weighted by atomic mass is 15.2. The summed E-state index contributed by atoms with van der Waals surface area (Å²) in [4.78, 5) is 2.67. The van der Waals surface area contributed by atoms with Gasteiger partial charge in [-0.1, -0.05) is 30.3 Å². The van der Waals surface area contributed by atoms with Crippen LogP contribution >= 0.6 is 0 Å². The number of fused-ring (bicyclic) bond motifs is 1. The molecule has 0 aromatic heterocycles. The van der Waals surface area contributed by atoms with E-state index in [1.807, 2.05) is 0 Å². The summed E-state index contributed by atoms with van der Waals surface area (Å²) in [6, 6.07) is 10.9. The van der Waals surface area contributed by atoms with Crippen molar-refractivity contribution in [3.05, 3.63) is 35.9 Å². The predicted octanol–water partition coefficient (Wildman–Crippen LogP) is 2.07. The Morgan fingerprint density at radius 3 is 2.24 bits per heavy atom. The quantitative estimate of drug-likeness (QED) is 0.837. The van der Waals surface area contributed by atoms with Crippen molar-refractivity contribution in [3.63, 3.8) is 0 Å². The maximum Gasteiger partial charge on any atom is 0.0404 e. The van der Waals surface area contributed by atoms with Gasteiger partial charge in [0.15, 0.2) is 0 Å². The summed E-state index contributed by atoms with van der Waals surface area (Å²) in [6.07, 6.45) is 0. The van der Waals surface area contributed by atoms with Gasteiger partial charge in [0.25, 0.3) is 0 Å². The summed E-state index contributed by atoms with van der Waals surface area (Å²) in [6.45, 7) is 9.64. The van der Waals surface area contributed by atoms with Gasteiger partial charge < -0.3 is 5.32 Å². The Balaban J connectivity index is 1.80. The molecule has 2 heteroatoms. The summed E-state index contributed by atoms with van der Waals surface area (Å²) in [5.41, 5.74) is 1.61. The van der Waals surface area contributed by atoms with E-state index in [-0.39, 0.29) is 5.54 Å². The second-order valence-corrected chi connectivity index (χ2v) is 6.01. The number of hydrogen-bond acceptors (Lipinski definition) is 2. The van der Waals surface area contributed by atoms with Crippen molar-refractivity contribution < 1.29 is 0 Å². The second kappa shape index (κ2) is 4.11. The minimum atomic E-state index is 0.172. The Bertz CT molecular complexity index is 373. The molecule has 1 aromatic rings. The lowest BCUT2D eigenvalue weighted by atomic mass is 9.92. The van der Waals surface area contributed by atoms with E-state index in [4.69, 9.17) is 0 Å². The summed E-state index contributed by atoms with van der Waals surface area (Å²) in [7, 11) is 0. The van der Waals surface area contributed by atoms with Crippen LogP contribution in [0.1, 0.15) is 19.4 Å². The van der Waals surface area contributed by atoms with Crippen LogP contribution in [0.2, 0.25) is 0 Å². The largest absolute Gasteiger partial charge is 0.316 e. The summed E-state index contributed by atoms with van der Waals surface area (Å²) >= 11 is 0. The van der Waals surface area contributed by atoms with E-state index < -0.39 is 0 Å². The van der Waals surface area contributed by atoms with E-state index in [0.717, 1.165) is 11.8 Å². The first-order valence-corrected chi connectivity index (χ1v) is 6.69. The van der Waals surface area contributed by atoms with E-state index in [1.54, 1.807) is 0 Å². The molecule has 2 nitrogen and oxygen atoms in total. The Labute approximate surface area is 104 Å². The summed E-state index contributed by atoms with van der Waals surface area (Å²) in [5, 5.41) is 3.51. The number of nitrogens with one attached hydrogen (secondary N) is 1. The summed E-state index contributed by atoms with van der Waals surface area (Å²) in [5.74, 6) is 1.75. The minimum Gasteiger partial charge on any atom is -0.316 e. The number of likely N-dealkylation sites (tertiary alicyclic amines) is 1. The lowest BCUT2D eigenvalue weighted by Gasteiger charge is -2.36. The van der Waals surface area contributed by atoms with Gasteiger partial charge in [-0.3, -0.25) is 4.90 Å². The molecule has 0 radical (unpaired) electrons. The monoisotopic (exact) mass is 230 g/mol. The van der Waals surface area contributed by atoms with Crippen LogP contribution < -0.4 is 5.32 Å². The molecule has 2 atom stereocenters. The minimum absolute atomic E-state index is 0.172. The van der Waals surface area contributed by atoms with Crippen molar-refractivity contribution in [2.24, 2.45) is 11.8 Å². The van der Waals surface area contributed by atoms with Crippen LogP contribution in [0.15, 0.2) is 30.3 Å². The molecular formula is C15H22N2. The normalized spacial score (nSPS) is 29.5. The maximum atomic E-state index is 3.51. The molecule has 0 saturated carbocycles. The molecule has 0 bridgehead atoms. The molecule has 17 heavy (non-hydrogen) atoms. The molecule has 0 amide bonds. The van der Waals surface area contributed by atoms with Gasteiger partial charge in [-0.15, -0.1) is 0 Å². The van der Waals surface area contributed by atoms with Gasteiger partial charge in [0.05, 0.1) is 0 Å². The first kappa shape index (κ1) is 11.2. The van der Waals surface area contributed by atoms with Crippen molar-refractivity contribution in [1.29, 1.82) is 0 Å². The number of benzene rings is 1. The van der Waals surface area contributed by atoms with Crippen molar-refractivity contribution in [3.8, 4) is 0 Å². The first-order valence-electron chi connectivity index (χ1n) is 6.69. The molecule has 2 unspecified atom stereocenters. The van der Waals surface area contributed by atoms with Gasteiger partial charge in [-0.2, -0.15) is 0 Å². The Kier molecular flexibility index (Phi) is 2.72. The molecule has 1 N–H and O–H groups in total. The Morgan fingerprint density at radius 2 is 1.65 bits per heavy atom. The van der Waals surface area contributed by atoms with Crippen LogP contribution in [0.5, 0.6) is 0 Å². The highest BCUT2D eigenvalue weighted by molar-refractivity contribution is 5.23. The van der Waals surface area contributed by atoms with Crippen molar-refractivity contribution in [2.45, 2.75) is 19.4 Å². The van der Waals surface area contributed by atoms with Crippen LogP contribution in [0.25, 0.3) is 0 Å². The van der Waals surface area contributed by atoms with Gasteiger partial charge in [-0.05, 0) is 44.3 Å². The molecular weight excluding hydrogens is 208 g/mol. The highest BCUT2D eigenvalue weighted by Gasteiger charge is 2.41. The third kappa shape index (κ3) is 1.90. The zero-order chi connectivity index (χ0) is 11.9. The van der Waals surface area contributed by atoms with Crippen molar-refractivity contribution >= 4 is 0 Å².